The average Bonchev–Trinajstić information content (AvgIpc) is 1.85. The van der Waals surface area contributed by atoms with Crippen molar-refractivity contribution in [1.82, 2.24) is 0 Å². The van der Waals surface area contributed by atoms with Gasteiger partial charge in [-0.3, -0.25) is 0 Å². The number of rotatable bonds is 1. The quantitative estimate of drug-likeness (QED) is 0.586. The molecule has 1 saturated carbocycles. The zero-order valence-corrected chi connectivity index (χ0v) is 8.83. The highest BCUT2D eigenvalue weighted by atomic mass is 35.5. The molecule has 0 aromatic carbocycles. The molecule has 0 bridgehead atoms. The summed E-state index contributed by atoms with van der Waals surface area (Å²) in [7, 11) is 0. The van der Waals surface area contributed by atoms with E-state index in [9.17, 15) is 0 Å². The van der Waals surface area contributed by atoms with Crippen LogP contribution in [0.5, 0.6) is 0 Å². The van der Waals surface area contributed by atoms with Crippen LogP contribution in [0.15, 0.2) is 0 Å². The smallest absolute Gasteiger partial charge is 0.0392 e. The molecule has 1 rings (SSSR count). The van der Waals surface area contributed by atoms with Crippen LogP contribution in [0.4, 0.5) is 0 Å². The summed E-state index contributed by atoms with van der Waals surface area (Å²) in [5, 5.41) is 0.542. The van der Waals surface area contributed by atoms with E-state index in [1.165, 1.54) is 0 Å². The maximum absolute atomic E-state index is 6.10. The van der Waals surface area contributed by atoms with E-state index in [2.05, 4.69) is 6.92 Å². The number of hydrogen-bond acceptors (Lipinski definition) is 0. The van der Waals surface area contributed by atoms with Crippen molar-refractivity contribution in [3.05, 3.63) is 0 Å². The van der Waals surface area contributed by atoms with Crippen molar-refractivity contribution in [2.75, 3.05) is 0 Å². The van der Waals surface area contributed by atoms with Crippen LogP contribution in [0.3, 0.4) is 0 Å². The third-order valence-electron chi connectivity index (χ3n) is 2.36. The van der Waals surface area contributed by atoms with Gasteiger partial charge in [-0.15, -0.1) is 34.8 Å². The first kappa shape index (κ1) is 9.95. The third kappa shape index (κ3) is 2.40. The molecule has 2 atom stereocenters. The lowest BCUT2D eigenvalue weighted by Gasteiger charge is -2.33. The molecule has 0 saturated heterocycles. The standard InChI is InChI=1S/C8H13Cl3/c1-2-6-7(10)3-5(9)4-8(6)11/h5-8H,2-4H2,1H3. The fourth-order valence-electron chi connectivity index (χ4n) is 1.67. The molecule has 0 nitrogen and oxygen atoms in total. The molecule has 1 aliphatic rings. The van der Waals surface area contributed by atoms with Crippen LogP contribution in [0, 0.1) is 5.92 Å². The first-order chi connectivity index (χ1) is 5.15. The van der Waals surface area contributed by atoms with Crippen LogP contribution in [-0.4, -0.2) is 16.1 Å². The van der Waals surface area contributed by atoms with Gasteiger partial charge in [-0.1, -0.05) is 13.3 Å². The van der Waals surface area contributed by atoms with E-state index in [1.807, 2.05) is 0 Å². The Kier molecular flexibility index (Phi) is 3.80. The Balaban J connectivity index is 2.52. The zero-order valence-electron chi connectivity index (χ0n) is 6.56. The maximum atomic E-state index is 6.10. The lowest BCUT2D eigenvalue weighted by molar-refractivity contribution is 0.368. The van der Waals surface area contributed by atoms with Gasteiger partial charge in [-0.25, -0.2) is 0 Å². The van der Waals surface area contributed by atoms with Gasteiger partial charge in [-0.2, -0.15) is 0 Å². The Bertz CT molecular complexity index is 115. The fraction of sp³-hybridized carbons (Fsp3) is 1.00. The van der Waals surface area contributed by atoms with Crippen LogP contribution in [0.25, 0.3) is 0 Å². The molecule has 0 aliphatic heterocycles. The molecular weight excluding hydrogens is 202 g/mol. The average molecular weight is 216 g/mol. The second kappa shape index (κ2) is 4.20. The molecule has 0 heterocycles. The van der Waals surface area contributed by atoms with E-state index < -0.39 is 0 Å². The molecule has 0 aromatic rings. The first-order valence-corrected chi connectivity index (χ1v) is 5.38. The lowest BCUT2D eigenvalue weighted by atomic mass is 9.86. The Morgan fingerprint density at radius 3 is 1.91 bits per heavy atom. The van der Waals surface area contributed by atoms with Gasteiger partial charge in [0.25, 0.3) is 0 Å². The Morgan fingerprint density at radius 1 is 1.09 bits per heavy atom. The highest BCUT2D eigenvalue weighted by Gasteiger charge is 2.33. The summed E-state index contributed by atoms with van der Waals surface area (Å²) in [6, 6.07) is 0. The van der Waals surface area contributed by atoms with Gasteiger partial charge in [0.1, 0.15) is 0 Å². The van der Waals surface area contributed by atoms with E-state index in [0.29, 0.717) is 5.92 Å². The van der Waals surface area contributed by atoms with Gasteiger partial charge in [0.05, 0.1) is 0 Å². The first-order valence-electron chi connectivity index (χ1n) is 4.07. The Morgan fingerprint density at radius 2 is 1.55 bits per heavy atom. The van der Waals surface area contributed by atoms with Gasteiger partial charge in [-0.05, 0) is 18.8 Å². The molecule has 0 N–H and O–H groups in total. The summed E-state index contributed by atoms with van der Waals surface area (Å²) in [5.41, 5.74) is 0. The molecule has 66 valence electrons. The minimum absolute atomic E-state index is 0.179. The van der Waals surface area contributed by atoms with Gasteiger partial charge in [0.15, 0.2) is 0 Å². The van der Waals surface area contributed by atoms with Gasteiger partial charge < -0.3 is 0 Å². The number of hydrogen-bond donors (Lipinski definition) is 0. The summed E-state index contributed by atoms with van der Waals surface area (Å²) in [5.74, 6) is 0.452. The highest BCUT2D eigenvalue weighted by Crippen LogP contribution is 2.36. The SMILES string of the molecule is CCC1C(Cl)CC(Cl)CC1Cl. The van der Waals surface area contributed by atoms with Crippen molar-refractivity contribution >= 4 is 34.8 Å². The summed E-state index contributed by atoms with van der Waals surface area (Å²) >= 11 is 18.2. The molecule has 3 heteroatoms. The maximum Gasteiger partial charge on any atom is 0.0392 e. The van der Waals surface area contributed by atoms with Crippen LogP contribution in [0.1, 0.15) is 26.2 Å². The van der Waals surface area contributed by atoms with E-state index in [0.717, 1.165) is 19.3 Å². The van der Waals surface area contributed by atoms with Crippen molar-refractivity contribution < 1.29 is 0 Å². The predicted octanol–water partition coefficient (Wildman–Crippen LogP) is 3.63. The van der Waals surface area contributed by atoms with E-state index in [-0.39, 0.29) is 16.1 Å². The second-order valence-corrected chi connectivity index (χ2v) is 4.91. The number of halogens is 3. The third-order valence-corrected chi connectivity index (χ3v) is 3.72. The molecule has 2 unspecified atom stereocenters. The predicted molar refractivity (Wildman–Crippen MR) is 51.9 cm³/mol. The minimum atomic E-state index is 0.179. The van der Waals surface area contributed by atoms with Crippen LogP contribution < -0.4 is 0 Å². The van der Waals surface area contributed by atoms with Crippen LogP contribution >= 0.6 is 34.8 Å². The number of alkyl halides is 3. The lowest BCUT2D eigenvalue weighted by Crippen LogP contribution is -2.34. The van der Waals surface area contributed by atoms with Gasteiger partial charge in [0.2, 0.25) is 0 Å². The molecule has 0 radical (unpaired) electrons. The van der Waals surface area contributed by atoms with Crippen LogP contribution in [0.2, 0.25) is 0 Å². The summed E-state index contributed by atoms with van der Waals surface area (Å²) in [6.07, 6.45) is 2.88. The minimum Gasteiger partial charge on any atom is -0.123 e. The van der Waals surface area contributed by atoms with E-state index in [4.69, 9.17) is 34.8 Å². The summed E-state index contributed by atoms with van der Waals surface area (Å²) in [4.78, 5) is 0. The topological polar surface area (TPSA) is 0 Å². The monoisotopic (exact) mass is 214 g/mol. The molecule has 1 fully saturated rings. The molecule has 0 amide bonds. The highest BCUT2D eigenvalue weighted by molar-refractivity contribution is 6.27. The fourth-order valence-corrected chi connectivity index (χ4v) is 3.45. The zero-order chi connectivity index (χ0) is 8.43. The summed E-state index contributed by atoms with van der Waals surface area (Å²) in [6.45, 7) is 2.13. The van der Waals surface area contributed by atoms with Gasteiger partial charge in [0, 0.05) is 16.1 Å². The van der Waals surface area contributed by atoms with Crippen LogP contribution in [-0.2, 0) is 0 Å². The van der Waals surface area contributed by atoms with Crippen molar-refractivity contribution in [2.24, 2.45) is 5.92 Å². The van der Waals surface area contributed by atoms with Crippen molar-refractivity contribution in [1.29, 1.82) is 0 Å². The normalized spacial score (nSPS) is 45.8. The van der Waals surface area contributed by atoms with Crippen molar-refractivity contribution in [2.45, 2.75) is 42.3 Å². The van der Waals surface area contributed by atoms with E-state index in [1.54, 1.807) is 0 Å². The van der Waals surface area contributed by atoms with Gasteiger partial charge >= 0.3 is 0 Å². The second-order valence-electron chi connectivity index (χ2n) is 3.17. The molecule has 0 spiro atoms. The van der Waals surface area contributed by atoms with Crippen molar-refractivity contribution in [3.8, 4) is 0 Å². The largest absolute Gasteiger partial charge is 0.123 e. The van der Waals surface area contributed by atoms with Crippen molar-refractivity contribution in [3.63, 3.8) is 0 Å². The molecule has 11 heavy (non-hydrogen) atoms. The molecular formula is C8H13Cl3. The molecule has 1 aliphatic carbocycles. The summed E-state index contributed by atoms with van der Waals surface area (Å²) < 4.78 is 0. The Labute approximate surface area is 83.2 Å². The Hall–Kier alpha value is 0.870. The van der Waals surface area contributed by atoms with E-state index >= 15 is 0 Å². The molecule has 0 aromatic heterocycles.